The fourth-order valence-corrected chi connectivity index (χ4v) is 21.6. The van der Waals surface area contributed by atoms with Gasteiger partial charge in [0.15, 0.2) is 0 Å². The molecule has 0 radical (unpaired) electrons. The van der Waals surface area contributed by atoms with E-state index in [9.17, 15) is 0 Å². The Balaban J connectivity index is 1.34. The van der Waals surface area contributed by atoms with Crippen molar-refractivity contribution in [2.45, 2.75) is 139 Å². The first kappa shape index (κ1) is 29.7. The minimum Gasteiger partial charge on any atom is -0.127 e. The Hall–Kier alpha value is -0.383. The first-order valence-corrected chi connectivity index (χ1v) is 21.3. The first-order chi connectivity index (χ1) is 18.6. The summed E-state index contributed by atoms with van der Waals surface area (Å²) in [5.41, 5.74) is 7.05. The maximum Gasteiger partial charge on any atom is 0.0566 e. The Morgan fingerprint density at radius 1 is 0.725 bits per heavy atom. The smallest absolute Gasteiger partial charge is 0.0566 e. The number of rotatable bonds is 3. The van der Waals surface area contributed by atoms with Crippen LogP contribution in [0.1, 0.15) is 111 Å². The zero-order valence-corrected chi connectivity index (χ0v) is 29.9. The monoisotopic (exact) mass is 592 g/mol. The molecular weight excluding hydrogens is 537 g/mol. The molecule has 40 heavy (non-hydrogen) atoms. The molecule has 5 aliphatic rings. The standard InChI is InChI=1S/C37H56S2Si/c1-21-15-29-27(24-18-25(36(4,5)6)20-26(19-24)37(7,8)9)13-12-14-28(29)34(21)40(10,11)35-32-30(16-22(2)38-32)31-17-23(3)39-33(31)35/h16-21,27-35H,12-15H2,1-11H3. The van der Waals surface area contributed by atoms with Crippen LogP contribution < -0.4 is 0 Å². The van der Waals surface area contributed by atoms with Gasteiger partial charge in [0.2, 0.25) is 0 Å². The minimum atomic E-state index is -1.56. The van der Waals surface area contributed by atoms with Crippen molar-refractivity contribution in [1.82, 2.24) is 0 Å². The van der Waals surface area contributed by atoms with Crippen molar-refractivity contribution < 1.29 is 0 Å². The van der Waals surface area contributed by atoms with Gasteiger partial charge in [-0.05, 0) is 111 Å². The molecule has 0 saturated heterocycles. The summed E-state index contributed by atoms with van der Waals surface area (Å²) in [6.07, 6.45) is 11.1. The number of benzene rings is 1. The number of thioether (sulfide) groups is 2. The lowest BCUT2D eigenvalue weighted by atomic mass is 9.69. The number of fused-ring (bicyclic) bond motifs is 4. The number of hydrogen-bond donors (Lipinski definition) is 0. The summed E-state index contributed by atoms with van der Waals surface area (Å²) in [5.74, 6) is 5.02. The van der Waals surface area contributed by atoms with Crippen molar-refractivity contribution in [3.05, 3.63) is 56.9 Å². The topological polar surface area (TPSA) is 0 Å². The van der Waals surface area contributed by atoms with Gasteiger partial charge in [-0.2, -0.15) is 0 Å². The van der Waals surface area contributed by atoms with E-state index in [1.807, 2.05) is 0 Å². The van der Waals surface area contributed by atoms with E-state index < -0.39 is 8.07 Å². The van der Waals surface area contributed by atoms with Crippen molar-refractivity contribution in [3.63, 3.8) is 0 Å². The predicted octanol–water partition coefficient (Wildman–Crippen LogP) is 11.6. The lowest BCUT2D eigenvalue weighted by Gasteiger charge is -2.47. The Kier molecular flexibility index (Phi) is 7.48. The summed E-state index contributed by atoms with van der Waals surface area (Å²) < 4.78 is 0. The second-order valence-corrected chi connectivity index (χ2v) is 25.0. The molecule has 1 aromatic carbocycles. The van der Waals surface area contributed by atoms with Crippen molar-refractivity contribution in [2.24, 2.45) is 29.6 Å². The Bertz CT molecular complexity index is 1150. The van der Waals surface area contributed by atoms with Crippen LogP contribution in [0.25, 0.3) is 0 Å². The molecule has 0 spiro atoms. The zero-order chi connectivity index (χ0) is 28.9. The molecule has 0 amide bonds. The quantitative estimate of drug-likeness (QED) is 0.320. The van der Waals surface area contributed by atoms with Crippen LogP contribution in [0, 0.1) is 29.6 Å². The lowest BCUT2D eigenvalue weighted by molar-refractivity contribution is 0.235. The van der Waals surface area contributed by atoms with E-state index in [0.29, 0.717) is 0 Å². The molecule has 0 N–H and O–H groups in total. The van der Waals surface area contributed by atoms with Crippen LogP contribution in [0.15, 0.2) is 40.2 Å². The SMILES string of the molecule is CC1=CC2C3C=C(C)SC3C([Si](C)(C)C3C(C)CC4C(c5cc(C(C)(C)C)cc(C(C)(C)C)c5)CCCC43)C2S1. The normalized spacial score (nSPS) is 39.6. The van der Waals surface area contributed by atoms with Gasteiger partial charge in [0.25, 0.3) is 0 Å². The van der Waals surface area contributed by atoms with Gasteiger partial charge in [0.05, 0.1) is 8.07 Å². The van der Waals surface area contributed by atoms with Gasteiger partial charge in [0.1, 0.15) is 0 Å². The van der Waals surface area contributed by atoms with Gasteiger partial charge in [-0.1, -0.05) is 105 Å². The summed E-state index contributed by atoms with van der Waals surface area (Å²) in [7, 11) is -1.56. The molecule has 0 bridgehead atoms. The van der Waals surface area contributed by atoms with Crippen molar-refractivity contribution in [1.29, 1.82) is 0 Å². The molecule has 3 fully saturated rings. The van der Waals surface area contributed by atoms with Gasteiger partial charge in [-0.15, -0.1) is 23.5 Å². The molecule has 9 atom stereocenters. The summed E-state index contributed by atoms with van der Waals surface area (Å²) in [6, 6.07) is 7.81. The van der Waals surface area contributed by atoms with E-state index >= 15 is 0 Å². The molecule has 3 aliphatic carbocycles. The summed E-state index contributed by atoms with van der Waals surface area (Å²) in [5, 5.41) is 1.69. The molecule has 1 aromatic rings. The maximum atomic E-state index is 2.87. The summed E-state index contributed by atoms with van der Waals surface area (Å²) >= 11 is 4.55. The van der Waals surface area contributed by atoms with E-state index in [1.54, 1.807) is 26.5 Å². The number of allylic oxidation sites excluding steroid dienone is 4. The van der Waals surface area contributed by atoms with Crippen LogP contribution in [-0.2, 0) is 10.8 Å². The molecule has 3 saturated carbocycles. The molecule has 9 unspecified atom stereocenters. The Morgan fingerprint density at radius 3 is 1.75 bits per heavy atom. The minimum absolute atomic E-state index is 0.191. The molecule has 220 valence electrons. The van der Waals surface area contributed by atoms with E-state index in [0.717, 1.165) is 57.1 Å². The largest absolute Gasteiger partial charge is 0.127 e. The van der Waals surface area contributed by atoms with E-state index in [-0.39, 0.29) is 10.8 Å². The average molecular weight is 593 g/mol. The molecule has 6 rings (SSSR count). The molecule has 2 heterocycles. The van der Waals surface area contributed by atoms with E-state index in [4.69, 9.17) is 0 Å². The van der Waals surface area contributed by atoms with Crippen LogP contribution in [0.4, 0.5) is 0 Å². The van der Waals surface area contributed by atoms with Gasteiger partial charge in [0, 0.05) is 10.5 Å². The highest BCUT2D eigenvalue weighted by Crippen LogP contribution is 2.69. The van der Waals surface area contributed by atoms with E-state index in [1.165, 1.54) is 25.7 Å². The van der Waals surface area contributed by atoms with Gasteiger partial charge >= 0.3 is 0 Å². The third kappa shape index (κ3) is 4.88. The fourth-order valence-electron chi connectivity index (χ4n) is 10.5. The van der Waals surface area contributed by atoms with E-state index in [2.05, 4.69) is 129 Å². The third-order valence-corrected chi connectivity index (χ3v) is 20.5. The highest BCUT2D eigenvalue weighted by Gasteiger charge is 2.63. The van der Waals surface area contributed by atoms with Gasteiger partial charge in [-0.25, -0.2) is 0 Å². The Morgan fingerprint density at radius 2 is 1.25 bits per heavy atom. The maximum absolute atomic E-state index is 2.87. The first-order valence-electron chi connectivity index (χ1n) is 16.4. The van der Waals surface area contributed by atoms with Crippen LogP contribution in [0.2, 0.25) is 24.2 Å². The van der Waals surface area contributed by atoms with Crippen LogP contribution in [0.3, 0.4) is 0 Å². The molecular formula is C37H56S2Si. The predicted molar refractivity (Wildman–Crippen MR) is 183 cm³/mol. The average Bonchev–Trinajstić information content (AvgIpc) is 3.55. The Labute approximate surface area is 256 Å². The fraction of sp³-hybridized carbons (Fsp3) is 0.730. The van der Waals surface area contributed by atoms with Crippen LogP contribution in [0.5, 0.6) is 0 Å². The van der Waals surface area contributed by atoms with Crippen LogP contribution >= 0.6 is 23.5 Å². The second-order valence-electron chi connectivity index (χ2n) is 17.2. The number of hydrogen-bond acceptors (Lipinski definition) is 2. The van der Waals surface area contributed by atoms with Gasteiger partial charge < -0.3 is 0 Å². The molecule has 0 nitrogen and oxygen atoms in total. The molecule has 0 aromatic heterocycles. The van der Waals surface area contributed by atoms with Crippen molar-refractivity contribution >= 4 is 31.6 Å². The van der Waals surface area contributed by atoms with Crippen LogP contribution in [-0.4, -0.2) is 18.6 Å². The highest BCUT2D eigenvalue weighted by molar-refractivity contribution is 8.05. The van der Waals surface area contributed by atoms with Crippen molar-refractivity contribution in [3.8, 4) is 0 Å². The van der Waals surface area contributed by atoms with Gasteiger partial charge in [-0.3, -0.25) is 0 Å². The highest BCUT2D eigenvalue weighted by atomic mass is 32.2. The van der Waals surface area contributed by atoms with Crippen molar-refractivity contribution in [2.75, 3.05) is 0 Å². The molecule has 3 heteroatoms. The summed E-state index contributed by atoms with van der Waals surface area (Å²) in [6.45, 7) is 27.6. The second kappa shape index (κ2) is 10.1. The lowest BCUT2D eigenvalue weighted by Crippen LogP contribution is -2.48. The summed E-state index contributed by atoms with van der Waals surface area (Å²) in [4.78, 5) is 3.21. The molecule has 2 aliphatic heterocycles. The zero-order valence-electron chi connectivity index (χ0n) is 27.3. The third-order valence-electron chi connectivity index (χ3n) is 12.1.